The molecule has 1 aliphatic heterocycles. The molecule has 0 aromatic heterocycles. The summed E-state index contributed by atoms with van der Waals surface area (Å²) in [5, 5.41) is 3.49. The van der Waals surface area contributed by atoms with Gasteiger partial charge < -0.3 is 5.32 Å². The van der Waals surface area contributed by atoms with E-state index in [1.165, 1.54) is 25.8 Å². The molecular formula is C10H17N. The molecule has 1 nitrogen and oxygen atoms in total. The van der Waals surface area contributed by atoms with Gasteiger partial charge in [0.25, 0.3) is 0 Å². The lowest BCUT2D eigenvalue weighted by molar-refractivity contribution is 0.404. The van der Waals surface area contributed by atoms with Crippen molar-refractivity contribution in [3.63, 3.8) is 0 Å². The summed E-state index contributed by atoms with van der Waals surface area (Å²) in [6.07, 6.45) is 11.3. The van der Waals surface area contributed by atoms with E-state index in [0.29, 0.717) is 0 Å². The number of nitrogens with one attached hydrogen (secondary N) is 1. The van der Waals surface area contributed by atoms with E-state index in [4.69, 9.17) is 0 Å². The Morgan fingerprint density at radius 1 is 1.45 bits per heavy atom. The van der Waals surface area contributed by atoms with Crippen molar-refractivity contribution in [2.45, 2.75) is 31.7 Å². The van der Waals surface area contributed by atoms with Gasteiger partial charge >= 0.3 is 0 Å². The molecular weight excluding hydrogens is 134 g/mol. The van der Waals surface area contributed by atoms with Gasteiger partial charge in [0.05, 0.1) is 0 Å². The second kappa shape index (κ2) is 5.14. The highest BCUT2D eigenvalue weighted by atomic mass is 14.9. The zero-order valence-corrected chi connectivity index (χ0v) is 7.05. The summed E-state index contributed by atoms with van der Waals surface area (Å²) in [4.78, 5) is 0. The molecule has 1 unspecified atom stereocenters. The standard InChI is InChI=1S/C10H17N/c1-2-3-4-7-10-8-5-6-9-11-10/h2-4,10-11H,1,5-9H2. The molecule has 1 rings (SSSR count). The first-order valence-electron chi connectivity index (χ1n) is 4.44. The molecule has 11 heavy (non-hydrogen) atoms. The third kappa shape index (κ3) is 3.38. The second-order valence-corrected chi connectivity index (χ2v) is 3.05. The van der Waals surface area contributed by atoms with Gasteiger partial charge in [0.15, 0.2) is 0 Å². The molecule has 1 atom stereocenters. The Labute approximate surface area is 69.2 Å². The summed E-state index contributed by atoms with van der Waals surface area (Å²) in [5.74, 6) is 0. The normalized spacial score (nSPS) is 25.6. The van der Waals surface area contributed by atoms with Gasteiger partial charge in [-0.05, 0) is 25.8 Å². The Morgan fingerprint density at radius 2 is 2.36 bits per heavy atom. The summed E-state index contributed by atoms with van der Waals surface area (Å²) in [7, 11) is 0. The maximum Gasteiger partial charge on any atom is 0.0102 e. The minimum Gasteiger partial charge on any atom is -0.314 e. The highest BCUT2D eigenvalue weighted by molar-refractivity contribution is 4.98. The zero-order valence-electron chi connectivity index (χ0n) is 7.05. The molecule has 0 aliphatic carbocycles. The maximum absolute atomic E-state index is 3.64. The van der Waals surface area contributed by atoms with Crippen LogP contribution in [0.2, 0.25) is 0 Å². The second-order valence-electron chi connectivity index (χ2n) is 3.05. The van der Waals surface area contributed by atoms with Crippen molar-refractivity contribution < 1.29 is 0 Å². The predicted octanol–water partition coefficient (Wildman–Crippen LogP) is 2.26. The molecule has 0 aromatic carbocycles. The highest BCUT2D eigenvalue weighted by Gasteiger charge is 2.09. The van der Waals surface area contributed by atoms with Crippen LogP contribution in [-0.2, 0) is 0 Å². The van der Waals surface area contributed by atoms with Crippen molar-refractivity contribution >= 4 is 0 Å². The Bertz CT molecular complexity index is 132. The van der Waals surface area contributed by atoms with E-state index in [2.05, 4.69) is 18.0 Å². The SMILES string of the molecule is C=CC=CCC1CCCCN1. The van der Waals surface area contributed by atoms with Crippen LogP contribution >= 0.6 is 0 Å². The van der Waals surface area contributed by atoms with Gasteiger partial charge in [-0.15, -0.1) is 0 Å². The van der Waals surface area contributed by atoms with E-state index in [0.717, 1.165) is 12.5 Å². The number of allylic oxidation sites excluding steroid dienone is 2. The van der Waals surface area contributed by atoms with Crippen molar-refractivity contribution in [3.8, 4) is 0 Å². The molecule has 0 amide bonds. The van der Waals surface area contributed by atoms with Crippen molar-refractivity contribution in [1.29, 1.82) is 0 Å². The number of rotatable bonds is 3. The van der Waals surface area contributed by atoms with Crippen LogP contribution in [0, 0.1) is 0 Å². The molecule has 0 bridgehead atoms. The topological polar surface area (TPSA) is 12.0 Å². The van der Waals surface area contributed by atoms with Crippen LogP contribution in [0.1, 0.15) is 25.7 Å². The van der Waals surface area contributed by atoms with E-state index >= 15 is 0 Å². The third-order valence-electron chi connectivity index (χ3n) is 2.11. The first kappa shape index (κ1) is 8.54. The molecule has 0 radical (unpaired) electrons. The minimum atomic E-state index is 0.722. The maximum atomic E-state index is 3.64. The Hall–Kier alpha value is -0.560. The van der Waals surface area contributed by atoms with Gasteiger partial charge in [-0.1, -0.05) is 31.2 Å². The third-order valence-corrected chi connectivity index (χ3v) is 2.11. The van der Waals surface area contributed by atoms with E-state index in [-0.39, 0.29) is 0 Å². The number of hydrogen-bond acceptors (Lipinski definition) is 1. The van der Waals surface area contributed by atoms with Gasteiger partial charge in [0, 0.05) is 6.04 Å². The van der Waals surface area contributed by atoms with Gasteiger partial charge in [0.1, 0.15) is 0 Å². The monoisotopic (exact) mass is 151 g/mol. The van der Waals surface area contributed by atoms with Crippen LogP contribution in [0.15, 0.2) is 24.8 Å². The quantitative estimate of drug-likeness (QED) is 0.610. The van der Waals surface area contributed by atoms with Crippen LogP contribution in [-0.4, -0.2) is 12.6 Å². The van der Waals surface area contributed by atoms with Gasteiger partial charge in [-0.25, -0.2) is 0 Å². The van der Waals surface area contributed by atoms with Crippen LogP contribution in [0.25, 0.3) is 0 Å². The van der Waals surface area contributed by atoms with Gasteiger partial charge in [0.2, 0.25) is 0 Å². The summed E-state index contributed by atoms with van der Waals surface area (Å²) < 4.78 is 0. The van der Waals surface area contributed by atoms with Gasteiger partial charge in [-0.2, -0.15) is 0 Å². The van der Waals surface area contributed by atoms with Gasteiger partial charge in [-0.3, -0.25) is 0 Å². The fraction of sp³-hybridized carbons (Fsp3) is 0.600. The van der Waals surface area contributed by atoms with E-state index < -0.39 is 0 Å². The first-order valence-corrected chi connectivity index (χ1v) is 4.44. The summed E-state index contributed by atoms with van der Waals surface area (Å²) in [6, 6.07) is 0.722. The average Bonchev–Trinajstić information content (AvgIpc) is 2.07. The van der Waals surface area contributed by atoms with Crippen molar-refractivity contribution in [2.75, 3.05) is 6.54 Å². The molecule has 1 heteroatoms. The molecule has 0 saturated carbocycles. The van der Waals surface area contributed by atoms with Crippen LogP contribution in [0.3, 0.4) is 0 Å². The molecule has 1 aliphatic rings. The lowest BCUT2D eigenvalue weighted by atomic mass is 10.0. The Kier molecular flexibility index (Phi) is 3.99. The molecule has 1 N–H and O–H groups in total. The Morgan fingerprint density at radius 3 is 3.00 bits per heavy atom. The highest BCUT2D eigenvalue weighted by Crippen LogP contribution is 2.09. The fourth-order valence-electron chi connectivity index (χ4n) is 1.46. The molecule has 1 saturated heterocycles. The molecule has 0 aromatic rings. The zero-order chi connectivity index (χ0) is 7.94. The summed E-state index contributed by atoms with van der Waals surface area (Å²) in [6.45, 7) is 4.84. The first-order chi connectivity index (χ1) is 5.43. The van der Waals surface area contributed by atoms with Crippen LogP contribution in [0.5, 0.6) is 0 Å². The van der Waals surface area contributed by atoms with Crippen LogP contribution < -0.4 is 5.32 Å². The van der Waals surface area contributed by atoms with E-state index in [9.17, 15) is 0 Å². The molecule has 0 spiro atoms. The number of piperidine rings is 1. The fourth-order valence-corrected chi connectivity index (χ4v) is 1.46. The predicted molar refractivity (Wildman–Crippen MR) is 49.6 cm³/mol. The Balaban J connectivity index is 2.14. The van der Waals surface area contributed by atoms with E-state index in [1.807, 2.05) is 12.2 Å². The summed E-state index contributed by atoms with van der Waals surface area (Å²) in [5.41, 5.74) is 0. The van der Waals surface area contributed by atoms with Crippen LogP contribution in [0.4, 0.5) is 0 Å². The lowest BCUT2D eigenvalue weighted by Crippen LogP contribution is -2.33. The summed E-state index contributed by atoms with van der Waals surface area (Å²) >= 11 is 0. The van der Waals surface area contributed by atoms with E-state index in [1.54, 1.807) is 0 Å². The average molecular weight is 151 g/mol. The molecule has 1 fully saturated rings. The number of hydrogen-bond donors (Lipinski definition) is 1. The van der Waals surface area contributed by atoms with Crippen molar-refractivity contribution in [1.82, 2.24) is 5.32 Å². The molecule has 1 heterocycles. The largest absolute Gasteiger partial charge is 0.314 e. The molecule has 62 valence electrons. The lowest BCUT2D eigenvalue weighted by Gasteiger charge is -2.21. The van der Waals surface area contributed by atoms with Crippen molar-refractivity contribution in [2.24, 2.45) is 0 Å². The van der Waals surface area contributed by atoms with Crippen molar-refractivity contribution in [3.05, 3.63) is 24.8 Å². The minimum absolute atomic E-state index is 0.722. The smallest absolute Gasteiger partial charge is 0.0102 e.